The Bertz CT molecular complexity index is 1710. The number of ether oxygens (including phenoxy) is 4. The maximum Gasteiger partial charge on any atom is 0.335 e. The number of fused-ring (bicyclic) bond motifs is 2. The van der Waals surface area contributed by atoms with Gasteiger partial charge in [0.25, 0.3) is 5.79 Å². The van der Waals surface area contributed by atoms with E-state index in [1.54, 1.807) is 24.3 Å². The highest BCUT2D eigenvalue weighted by atomic mass is 35.5. The molecule has 2 saturated heterocycles. The first-order valence-electron chi connectivity index (χ1n) is 14.3. The summed E-state index contributed by atoms with van der Waals surface area (Å²) in [5, 5.41) is 9.46. The summed E-state index contributed by atoms with van der Waals surface area (Å²) in [6.07, 6.45) is 3.03. The van der Waals surface area contributed by atoms with Gasteiger partial charge in [-0.2, -0.15) is 0 Å². The van der Waals surface area contributed by atoms with Crippen molar-refractivity contribution in [1.82, 2.24) is 9.55 Å². The van der Waals surface area contributed by atoms with Gasteiger partial charge in [-0.05, 0) is 55.7 Å². The second kappa shape index (κ2) is 10.8. The number of hydrogen-bond donors (Lipinski definition) is 1. The van der Waals surface area contributed by atoms with Crippen molar-refractivity contribution in [3.63, 3.8) is 0 Å². The van der Waals surface area contributed by atoms with E-state index >= 15 is 0 Å². The summed E-state index contributed by atoms with van der Waals surface area (Å²) in [7, 11) is 0. The summed E-state index contributed by atoms with van der Waals surface area (Å²) in [6, 6.07) is 12.5. The van der Waals surface area contributed by atoms with Crippen LogP contribution in [-0.4, -0.2) is 46.0 Å². The number of imidazole rings is 1. The molecule has 4 heterocycles. The Morgan fingerprint density at radius 1 is 1.07 bits per heavy atom. The second-order valence-electron chi connectivity index (χ2n) is 11.4. The number of halogens is 3. The molecular weight excluding hydrogens is 582 g/mol. The molecule has 0 bridgehead atoms. The van der Waals surface area contributed by atoms with Crippen molar-refractivity contribution in [1.29, 1.82) is 0 Å². The summed E-state index contributed by atoms with van der Waals surface area (Å²) >= 11 is 5.82. The van der Waals surface area contributed by atoms with Crippen molar-refractivity contribution in [2.24, 2.45) is 0 Å². The second-order valence-corrected chi connectivity index (χ2v) is 11.9. The third-order valence-electron chi connectivity index (χ3n) is 8.55. The van der Waals surface area contributed by atoms with E-state index in [1.807, 2.05) is 12.1 Å². The molecule has 8 nitrogen and oxygen atoms in total. The van der Waals surface area contributed by atoms with Gasteiger partial charge in [-0.3, -0.25) is 0 Å². The molecule has 1 N–H and O–H groups in total. The van der Waals surface area contributed by atoms with Crippen LogP contribution in [0.3, 0.4) is 0 Å². The maximum atomic E-state index is 14.8. The van der Waals surface area contributed by atoms with Crippen molar-refractivity contribution >= 4 is 28.6 Å². The van der Waals surface area contributed by atoms with Gasteiger partial charge in [0.2, 0.25) is 0 Å². The van der Waals surface area contributed by atoms with E-state index in [-0.39, 0.29) is 34.3 Å². The van der Waals surface area contributed by atoms with E-state index in [2.05, 4.69) is 4.57 Å². The first-order valence-corrected chi connectivity index (χ1v) is 14.7. The summed E-state index contributed by atoms with van der Waals surface area (Å²) in [6.45, 7) is 3.23. The molecule has 0 amide bonds. The van der Waals surface area contributed by atoms with Gasteiger partial charge >= 0.3 is 5.97 Å². The van der Waals surface area contributed by atoms with Gasteiger partial charge in [0.1, 0.15) is 23.0 Å². The van der Waals surface area contributed by atoms with Crippen LogP contribution in [0.15, 0.2) is 48.5 Å². The number of rotatable bonds is 7. The molecule has 4 atom stereocenters. The molecule has 3 unspecified atom stereocenters. The van der Waals surface area contributed by atoms with Gasteiger partial charge in [0, 0.05) is 36.5 Å². The Kier molecular flexibility index (Phi) is 7.03. The number of nitrogens with zero attached hydrogens (tertiary/aromatic N) is 2. The number of carbonyl (C=O) groups is 1. The molecule has 2 fully saturated rings. The van der Waals surface area contributed by atoms with E-state index in [1.165, 1.54) is 6.92 Å². The predicted octanol–water partition coefficient (Wildman–Crippen LogP) is 6.60. The lowest BCUT2D eigenvalue weighted by Gasteiger charge is -2.31. The fourth-order valence-corrected chi connectivity index (χ4v) is 6.45. The Hall–Kier alpha value is -3.73. The lowest BCUT2D eigenvalue weighted by atomic mass is 9.89. The quantitative estimate of drug-likeness (QED) is 0.252. The van der Waals surface area contributed by atoms with Crippen LogP contribution in [0, 0.1) is 11.6 Å². The molecule has 0 spiro atoms. The van der Waals surface area contributed by atoms with Crippen LogP contribution in [0.25, 0.3) is 11.0 Å². The zero-order valence-corrected chi connectivity index (χ0v) is 24.1. The third-order valence-corrected chi connectivity index (χ3v) is 8.76. The molecular formula is C32H29ClF2N2O6. The van der Waals surface area contributed by atoms with Crippen LogP contribution in [0.5, 0.6) is 11.5 Å². The van der Waals surface area contributed by atoms with E-state index in [4.69, 9.17) is 35.5 Å². The number of para-hydroxylation sites is 1. The highest BCUT2D eigenvalue weighted by Gasteiger charge is 2.45. The molecule has 3 aliphatic heterocycles. The number of benzene rings is 3. The molecule has 11 heteroatoms. The summed E-state index contributed by atoms with van der Waals surface area (Å²) in [5.74, 6) is -2.71. The van der Waals surface area contributed by atoms with Crippen molar-refractivity contribution in [3.8, 4) is 11.5 Å². The summed E-state index contributed by atoms with van der Waals surface area (Å²) in [5.41, 5.74) is 2.23. The maximum absolute atomic E-state index is 14.8. The van der Waals surface area contributed by atoms with Crippen molar-refractivity contribution in [2.45, 2.75) is 63.1 Å². The highest BCUT2D eigenvalue weighted by Crippen LogP contribution is 2.50. The Labute approximate surface area is 251 Å². The van der Waals surface area contributed by atoms with Gasteiger partial charge in [0.05, 0.1) is 42.0 Å². The van der Waals surface area contributed by atoms with E-state index in [0.29, 0.717) is 31.1 Å². The van der Waals surface area contributed by atoms with Crippen molar-refractivity contribution in [3.05, 3.63) is 87.7 Å². The van der Waals surface area contributed by atoms with Gasteiger partial charge in [-0.15, -0.1) is 0 Å². The average Bonchev–Trinajstić information content (AvgIpc) is 3.46. The fraction of sp³-hybridized carbons (Fsp3) is 0.375. The van der Waals surface area contributed by atoms with E-state index in [0.717, 1.165) is 60.4 Å². The smallest absolute Gasteiger partial charge is 0.335 e. The zero-order valence-electron chi connectivity index (χ0n) is 23.3. The monoisotopic (exact) mass is 610 g/mol. The first kappa shape index (κ1) is 28.1. The van der Waals surface area contributed by atoms with Gasteiger partial charge in [0.15, 0.2) is 11.5 Å². The lowest BCUT2D eigenvalue weighted by Crippen LogP contribution is -2.34. The summed E-state index contributed by atoms with van der Waals surface area (Å²) < 4.78 is 55.8. The molecule has 3 aliphatic rings. The first-order chi connectivity index (χ1) is 20.7. The average molecular weight is 611 g/mol. The minimum atomic E-state index is -1.70. The Morgan fingerprint density at radius 3 is 2.53 bits per heavy atom. The van der Waals surface area contributed by atoms with Gasteiger partial charge in [-0.25, -0.2) is 18.6 Å². The predicted molar refractivity (Wildman–Crippen MR) is 153 cm³/mol. The molecule has 7 rings (SSSR count). The fourth-order valence-electron chi connectivity index (χ4n) is 6.26. The van der Waals surface area contributed by atoms with E-state index in [9.17, 15) is 18.7 Å². The van der Waals surface area contributed by atoms with Crippen LogP contribution < -0.4 is 9.47 Å². The normalized spacial score (nSPS) is 24.7. The summed E-state index contributed by atoms with van der Waals surface area (Å²) in [4.78, 5) is 16.4. The molecule has 0 aliphatic carbocycles. The Morgan fingerprint density at radius 2 is 1.86 bits per heavy atom. The topological polar surface area (TPSA) is 92.0 Å². The number of aromatic nitrogens is 2. The number of carboxylic acids is 1. The zero-order chi connectivity index (χ0) is 29.9. The standard InChI is InChI=1S/C32H29ClF2N2O6/c1-32(29-23(34)12-19(33)13-24(29)35)42-27-4-2-3-22(30(27)43-32)18-5-7-20(41-16-18)14-28-36-25-8-6-17(31(38)39)11-26(25)37(28)15-21-9-10-40-21/h2-4,6,8,11-13,18,20-21H,5,7,9-10,14-16H2,1H3,(H,38,39)/t18?,20?,21-,32?/m0/s1. The molecule has 0 saturated carbocycles. The Balaban J connectivity index is 1.09. The van der Waals surface area contributed by atoms with Crippen molar-refractivity contribution in [2.75, 3.05) is 13.2 Å². The van der Waals surface area contributed by atoms with Gasteiger partial charge in [-0.1, -0.05) is 23.7 Å². The molecule has 0 radical (unpaired) electrons. The number of hydrogen-bond acceptors (Lipinski definition) is 6. The van der Waals surface area contributed by atoms with Crippen LogP contribution in [-0.2, 0) is 28.2 Å². The molecule has 43 heavy (non-hydrogen) atoms. The molecule has 4 aromatic rings. The van der Waals surface area contributed by atoms with Crippen LogP contribution in [0.1, 0.15) is 59.4 Å². The van der Waals surface area contributed by atoms with Crippen LogP contribution in [0.4, 0.5) is 8.78 Å². The number of aromatic carboxylic acids is 1. The highest BCUT2D eigenvalue weighted by molar-refractivity contribution is 6.30. The van der Waals surface area contributed by atoms with E-state index < -0.39 is 23.4 Å². The largest absolute Gasteiger partial charge is 0.478 e. The van der Waals surface area contributed by atoms with Crippen LogP contribution in [0.2, 0.25) is 5.02 Å². The lowest BCUT2D eigenvalue weighted by molar-refractivity contribution is -0.0744. The minimum Gasteiger partial charge on any atom is -0.478 e. The van der Waals surface area contributed by atoms with Crippen molar-refractivity contribution < 1.29 is 37.6 Å². The van der Waals surface area contributed by atoms with Crippen LogP contribution >= 0.6 is 11.6 Å². The minimum absolute atomic E-state index is 0.0163. The SMILES string of the molecule is CC1(c2c(F)cc(Cl)cc2F)Oc2cccc(C3CCC(Cc4nc5ccc(C(=O)O)cc5n4C[C@@H]4CCO4)OC3)c2O1. The molecule has 1 aromatic heterocycles. The van der Waals surface area contributed by atoms with Gasteiger partial charge < -0.3 is 28.6 Å². The molecule has 224 valence electrons. The number of carboxylic acid groups (broad SMARTS) is 1. The molecule has 3 aromatic carbocycles. The third kappa shape index (κ3) is 5.11.